The number of nitrogens with two attached hydrogens (primary N) is 1. The van der Waals surface area contributed by atoms with E-state index >= 15 is 0 Å². The maximum atomic E-state index is 12.5. The van der Waals surface area contributed by atoms with E-state index < -0.39 is 24.1 Å². The van der Waals surface area contributed by atoms with E-state index in [0.29, 0.717) is 18.6 Å². The summed E-state index contributed by atoms with van der Waals surface area (Å²) < 4.78 is 0. The average molecular weight is 302 g/mol. The lowest BCUT2D eigenvalue weighted by Gasteiger charge is -2.40. The molecule has 2 fully saturated rings. The van der Waals surface area contributed by atoms with Crippen LogP contribution in [0.4, 0.5) is 4.79 Å². The van der Waals surface area contributed by atoms with Gasteiger partial charge in [-0.05, 0) is 31.4 Å². The number of rotatable bonds is 2. The van der Waals surface area contributed by atoms with Gasteiger partial charge in [0.25, 0.3) is 5.91 Å². The highest BCUT2D eigenvalue weighted by molar-refractivity contribution is 7.99. The van der Waals surface area contributed by atoms with Crippen molar-refractivity contribution in [1.82, 2.24) is 15.6 Å². The molecule has 8 nitrogen and oxygen atoms in total. The summed E-state index contributed by atoms with van der Waals surface area (Å²) in [6.07, 6.45) is 1.40. The molecule has 0 aromatic heterocycles. The van der Waals surface area contributed by atoms with Crippen molar-refractivity contribution in [2.24, 2.45) is 5.84 Å². The van der Waals surface area contributed by atoms with Gasteiger partial charge in [-0.2, -0.15) is 0 Å². The molecule has 2 unspecified atom stereocenters. The Balaban J connectivity index is 2.22. The molecule has 112 valence electrons. The largest absolute Gasteiger partial charge is 0.465 e. The first-order chi connectivity index (χ1) is 9.54. The second-order valence-electron chi connectivity index (χ2n) is 4.82. The van der Waals surface area contributed by atoms with Crippen molar-refractivity contribution in [2.75, 3.05) is 5.75 Å². The van der Waals surface area contributed by atoms with E-state index in [1.807, 2.05) is 0 Å². The highest BCUT2D eigenvalue weighted by Crippen LogP contribution is 2.34. The number of carboxylic acid groups (broad SMARTS) is 1. The predicted molar refractivity (Wildman–Crippen MR) is 72.6 cm³/mol. The molecular weight excluding hydrogens is 284 g/mol. The molecule has 3 amide bonds. The van der Waals surface area contributed by atoms with Crippen molar-refractivity contribution in [3.05, 3.63) is 0 Å². The van der Waals surface area contributed by atoms with Gasteiger partial charge in [0.2, 0.25) is 5.91 Å². The zero-order chi connectivity index (χ0) is 14.7. The van der Waals surface area contributed by atoms with Crippen molar-refractivity contribution >= 4 is 29.7 Å². The second-order valence-corrected chi connectivity index (χ2v) is 6.10. The number of carbonyl (C=O) groups excluding carboxylic acids is 2. The quantitative estimate of drug-likeness (QED) is 0.308. The molecule has 2 heterocycles. The van der Waals surface area contributed by atoms with E-state index in [1.54, 1.807) is 11.8 Å². The van der Waals surface area contributed by atoms with Crippen LogP contribution in [0.1, 0.15) is 25.7 Å². The van der Waals surface area contributed by atoms with E-state index in [1.165, 1.54) is 4.90 Å². The van der Waals surface area contributed by atoms with E-state index in [-0.39, 0.29) is 11.3 Å². The van der Waals surface area contributed by atoms with Crippen molar-refractivity contribution < 1.29 is 19.5 Å². The molecule has 5 N–H and O–H groups in total. The van der Waals surface area contributed by atoms with E-state index in [4.69, 9.17) is 10.9 Å². The lowest BCUT2D eigenvalue weighted by molar-refractivity contribution is -0.144. The molecule has 2 aliphatic rings. The number of hydrogen-bond acceptors (Lipinski definition) is 5. The Labute approximate surface area is 120 Å². The molecule has 0 spiro atoms. The number of hydrazine groups is 1. The van der Waals surface area contributed by atoms with E-state index in [0.717, 1.165) is 12.8 Å². The summed E-state index contributed by atoms with van der Waals surface area (Å²) in [5.74, 6) is 5.11. The van der Waals surface area contributed by atoms with E-state index in [9.17, 15) is 14.4 Å². The third kappa shape index (κ3) is 2.98. The molecule has 2 rings (SSSR count). The van der Waals surface area contributed by atoms with Gasteiger partial charge in [0.05, 0.1) is 5.37 Å². The molecule has 0 aliphatic carbocycles. The first-order valence-electron chi connectivity index (χ1n) is 6.48. The van der Waals surface area contributed by atoms with Crippen molar-refractivity contribution in [2.45, 2.75) is 43.1 Å². The summed E-state index contributed by atoms with van der Waals surface area (Å²) >= 11 is 1.59. The average Bonchev–Trinajstić information content (AvgIpc) is 2.58. The van der Waals surface area contributed by atoms with Gasteiger partial charge in [-0.3, -0.25) is 15.0 Å². The topological polar surface area (TPSA) is 125 Å². The first-order valence-corrected chi connectivity index (χ1v) is 7.53. The smallest absolute Gasteiger partial charge is 0.405 e. The van der Waals surface area contributed by atoms with Crippen LogP contribution in [-0.2, 0) is 9.59 Å². The Morgan fingerprint density at radius 1 is 1.35 bits per heavy atom. The molecular formula is C11H18N4O4S. The minimum Gasteiger partial charge on any atom is -0.465 e. The van der Waals surface area contributed by atoms with Gasteiger partial charge >= 0.3 is 6.09 Å². The molecule has 20 heavy (non-hydrogen) atoms. The maximum Gasteiger partial charge on any atom is 0.405 e. The fourth-order valence-electron chi connectivity index (χ4n) is 2.69. The number of nitrogens with zero attached hydrogens (tertiary/aromatic N) is 1. The monoisotopic (exact) mass is 302 g/mol. The van der Waals surface area contributed by atoms with Gasteiger partial charge in [-0.1, -0.05) is 0 Å². The Morgan fingerprint density at radius 3 is 2.75 bits per heavy atom. The summed E-state index contributed by atoms with van der Waals surface area (Å²) in [4.78, 5) is 36.6. The number of amides is 3. The van der Waals surface area contributed by atoms with Crippen LogP contribution in [0, 0.1) is 0 Å². The van der Waals surface area contributed by atoms with Crippen molar-refractivity contribution in [3.63, 3.8) is 0 Å². The molecule has 2 aliphatic heterocycles. The van der Waals surface area contributed by atoms with Crippen LogP contribution in [0.15, 0.2) is 0 Å². The Bertz CT molecular complexity index is 419. The highest BCUT2D eigenvalue weighted by Gasteiger charge is 2.42. The van der Waals surface area contributed by atoms with Crippen molar-refractivity contribution in [1.29, 1.82) is 0 Å². The van der Waals surface area contributed by atoms with Gasteiger partial charge in [-0.15, -0.1) is 11.8 Å². The fraction of sp³-hybridized carbons (Fsp3) is 0.727. The SMILES string of the molecule is NNC(=O)C1CCC[C@@H]2SCCC(NC(=O)O)C(=O)N12. The molecule has 9 heteroatoms. The maximum absolute atomic E-state index is 12.5. The Morgan fingerprint density at radius 2 is 2.10 bits per heavy atom. The molecule has 3 atom stereocenters. The minimum atomic E-state index is -1.23. The molecule has 0 aromatic rings. The van der Waals surface area contributed by atoms with Gasteiger partial charge < -0.3 is 15.3 Å². The molecule has 0 radical (unpaired) electrons. The lowest BCUT2D eigenvalue weighted by Crippen LogP contribution is -2.59. The number of thioether (sulfide) groups is 1. The van der Waals surface area contributed by atoms with Crippen LogP contribution in [0.2, 0.25) is 0 Å². The molecule has 0 bridgehead atoms. The van der Waals surface area contributed by atoms with Crippen LogP contribution in [0.3, 0.4) is 0 Å². The molecule has 0 aromatic carbocycles. The second kappa shape index (κ2) is 6.31. The van der Waals surface area contributed by atoms with Crippen molar-refractivity contribution in [3.8, 4) is 0 Å². The summed E-state index contributed by atoms with van der Waals surface area (Å²) in [7, 11) is 0. The molecule has 0 saturated carbocycles. The minimum absolute atomic E-state index is 0.0841. The number of fused-ring (bicyclic) bond motifs is 1. The Hall–Kier alpha value is -1.48. The molecule has 2 saturated heterocycles. The summed E-state index contributed by atoms with van der Waals surface area (Å²) in [6.45, 7) is 0. The number of piperidine rings is 1. The van der Waals surface area contributed by atoms with Crippen LogP contribution in [-0.4, -0.2) is 51.1 Å². The van der Waals surface area contributed by atoms with Gasteiger partial charge in [0, 0.05) is 0 Å². The van der Waals surface area contributed by atoms with E-state index in [2.05, 4.69) is 10.7 Å². The summed E-state index contributed by atoms with van der Waals surface area (Å²) in [5.41, 5.74) is 2.09. The van der Waals surface area contributed by atoms with Gasteiger partial charge in [0.1, 0.15) is 12.1 Å². The van der Waals surface area contributed by atoms with Crippen LogP contribution < -0.4 is 16.6 Å². The lowest BCUT2D eigenvalue weighted by atomic mass is 9.99. The number of carbonyl (C=O) groups is 3. The third-order valence-electron chi connectivity index (χ3n) is 3.59. The Kier molecular flexibility index (Phi) is 4.71. The standard InChI is InChI=1S/C11H18N4O4S/c12-14-9(16)7-2-1-3-8-15(7)10(17)6(4-5-20-8)13-11(18)19/h6-8,13H,1-5,12H2,(H,14,16)(H,18,19)/t6?,7?,8-/m0/s1. The summed E-state index contributed by atoms with van der Waals surface area (Å²) in [5, 5.41) is 11.0. The zero-order valence-electron chi connectivity index (χ0n) is 10.9. The normalized spacial score (nSPS) is 30.1. The number of nitrogens with one attached hydrogen (secondary N) is 2. The zero-order valence-corrected chi connectivity index (χ0v) is 11.7. The first kappa shape index (κ1) is 14.9. The van der Waals surface area contributed by atoms with Crippen LogP contribution in [0.25, 0.3) is 0 Å². The van der Waals surface area contributed by atoms with Gasteiger partial charge in [0.15, 0.2) is 0 Å². The third-order valence-corrected chi connectivity index (χ3v) is 4.91. The van der Waals surface area contributed by atoms with Crippen LogP contribution in [0.5, 0.6) is 0 Å². The predicted octanol–water partition coefficient (Wildman–Crippen LogP) is -0.543. The summed E-state index contributed by atoms with van der Waals surface area (Å²) in [6, 6.07) is -1.41. The van der Waals surface area contributed by atoms with Gasteiger partial charge in [-0.25, -0.2) is 10.6 Å². The van der Waals surface area contributed by atoms with Crippen LogP contribution >= 0.6 is 11.8 Å². The number of hydrogen-bond donors (Lipinski definition) is 4. The highest BCUT2D eigenvalue weighted by atomic mass is 32.2. The fourth-order valence-corrected chi connectivity index (χ4v) is 4.07.